The molecule has 1 aromatic carbocycles. The van der Waals surface area contributed by atoms with E-state index in [4.69, 9.17) is 9.88 Å². The molecule has 0 aromatic heterocycles. The Morgan fingerprint density at radius 2 is 1.90 bits per heavy atom. The normalized spacial score (nSPS) is 20.9. The topological polar surface area (TPSA) is 69.4 Å². The minimum absolute atomic E-state index is 0.665. The van der Waals surface area contributed by atoms with Crippen LogP contribution in [0.3, 0.4) is 0 Å². The standard InChI is InChI=1S/C15H17NO3S/c1-11-4-3-5-13(15(11)20(16,17)18)10-12-6-8-14(19-2)9-7-12/h3-10,15H,1-2H3,(H2,16,17,18)/b13-10+. The van der Waals surface area contributed by atoms with Crippen LogP contribution in [-0.4, -0.2) is 20.8 Å². The molecule has 1 unspecified atom stereocenters. The summed E-state index contributed by atoms with van der Waals surface area (Å²) in [6.45, 7) is 1.76. The molecule has 0 bridgehead atoms. The van der Waals surface area contributed by atoms with Gasteiger partial charge in [-0.05, 0) is 35.8 Å². The fraction of sp³-hybridized carbons (Fsp3) is 0.200. The molecular formula is C15H17NO3S. The van der Waals surface area contributed by atoms with Gasteiger partial charge in [0.25, 0.3) is 0 Å². The predicted molar refractivity (Wildman–Crippen MR) is 80.8 cm³/mol. The van der Waals surface area contributed by atoms with Crippen LogP contribution in [0.5, 0.6) is 5.75 Å². The summed E-state index contributed by atoms with van der Waals surface area (Å²) in [5.74, 6) is 0.755. The first kappa shape index (κ1) is 14.6. The lowest BCUT2D eigenvalue weighted by Gasteiger charge is -2.20. The zero-order chi connectivity index (χ0) is 14.8. The molecular weight excluding hydrogens is 274 g/mol. The first-order chi connectivity index (χ1) is 9.41. The average Bonchev–Trinajstić information content (AvgIpc) is 2.38. The van der Waals surface area contributed by atoms with Crippen molar-refractivity contribution in [2.75, 3.05) is 7.11 Å². The van der Waals surface area contributed by atoms with Gasteiger partial charge in [-0.15, -0.1) is 0 Å². The van der Waals surface area contributed by atoms with E-state index in [1.54, 1.807) is 26.2 Å². The molecule has 1 aliphatic rings. The Labute approximate surface area is 119 Å². The van der Waals surface area contributed by atoms with Crippen molar-refractivity contribution in [1.29, 1.82) is 0 Å². The average molecular weight is 291 g/mol. The second-order valence-corrected chi connectivity index (χ2v) is 6.31. The Kier molecular flexibility index (Phi) is 4.11. The number of primary sulfonamides is 1. The van der Waals surface area contributed by atoms with Crippen molar-refractivity contribution < 1.29 is 13.2 Å². The summed E-state index contributed by atoms with van der Waals surface area (Å²) in [4.78, 5) is 0. The number of rotatable bonds is 3. The quantitative estimate of drug-likeness (QED) is 0.928. The Balaban J connectivity index is 2.41. The number of allylic oxidation sites excluding steroid dienone is 3. The SMILES string of the molecule is COc1ccc(/C=C2\C=CC=C(C)C2S(N)(=O)=O)cc1. The Morgan fingerprint density at radius 1 is 1.25 bits per heavy atom. The first-order valence-corrected chi connectivity index (χ1v) is 7.75. The second-order valence-electron chi connectivity index (χ2n) is 4.66. The number of nitrogens with two attached hydrogens (primary N) is 1. The molecule has 0 saturated carbocycles. The third-order valence-electron chi connectivity index (χ3n) is 3.14. The van der Waals surface area contributed by atoms with Gasteiger partial charge < -0.3 is 4.74 Å². The van der Waals surface area contributed by atoms with Gasteiger partial charge in [0.2, 0.25) is 10.0 Å². The highest BCUT2D eigenvalue weighted by Crippen LogP contribution is 2.26. The van der Waals surface area contributed by atoms with Crippen LogP contribution in [0.4, 0.5) is 0 Å². The summed E-state index contributed by atoms with van der Waals surface area (Å²) in [6, 6.07) is 7.39. The molecule has 0 fully saturated rings. The number of hydrogen-bond acceptors (Lipinski definition) is 3. The predicted octanol–water partition coefficient (Wildman–Crippen LogP) is 2.25. The van der Waals surface area contributed by atoms with Crippen molar-refractivity contribution in [3.8, 4) is 5.75 Å². The molecule has 0 aliphatic heterocycles. The van der Waals surface area contributed by atoms with Crippen molar-refractivity contribution in [1.82, 2.24) is 0 Å². The largest absolute Gasteiger partial charge is 0.497 e. The summed E-state index contributed by atoms with van der Waals surface area (Å²) in [5.41, 5.74) is 2.28. The van der Waals surface area contributed by atoms with Crippen LogP contribution < -0.4 is 9.88 Å². The molecule has 4 nitrogen and oxygen atoms in total. The molecule has 1 aromatic rings. The lowest BCUT2D eigenvalue weighted by molar-refractivity contribution is 0.415. The first-order valence-electron chi connectivity index (χ1n) is 6.14. The molecule has 20 heavy (non-hydrogen) atoms. The molecule has 1 aliphatic carbocycles. The van der Waals surface area contributed by atoms with Crippen LogP contribution in [0.15, 0.2) is 53.6 Å². The highest BCUT2D eigenvalue weighted by molar-refractivity contribution is 7.90. The summed E-state index contributed by atoms with van der Waals surface area (Å²) < 4.78 is 28.6. The maximum absolute atomic E-state index is 11.7. The lowest BCUT2D eigenvalue weighted by Crippen LogP contribution is -2.31. The Hall–Kier alpha value is -1.85. The van der Waals surface area contributed by atoms with Crippen LogP contribution in [0.25, 0.3) is 6.08 Å². The van der Waals surface area contributed by atoms with Crippen molar-refractivity contribution in [2.45, 2.75) is 12.2 Å². The smallest absolute Gasteiger partial charge is 0.220 e. The number of benzene rings is 1. The fourth-order valence-electron chi connectivity index (χ4n) is 2.21. The van der Waals surface area contributed by atoms with E-state index < -0.39 is 15.3 Å². The van der Waals surface area contributed by atoms with Crippen molar-refractivity contribution in [2.24, 2.45) is 5.14 Å². The fourth-order valence-corrected chi connectivity index (χ4v) is 3.34. The van der Waals surface area contributed by atoms with E-state index in [9.17, 15) is 8.42 Å². The molecule has 5 heteroatoms. The molecule has 0 heterocycles. The van der Waals surface area contributed by atoms with Crippen molar-refractivity contribution >= 4 is 16.1 Å². The maximum atomic E-state index is 11.7. The van der Waals surface area contributed by atoms with Crippen LogP contribution in [0, 0.1) is 0 Å². The molecule has 0 radical (unpaired) electrons. The third-order valence-corrected chi connectivity index (χ3v) is 4.44. The molecule has 1 atom stereocenters. The number of hydrogen-bond donors (Lipinski definition) is 1. The van der Waals surface area contributed by atoms with Gasteiger partial charge in [-0.2, -0.15) is 0 Å². The molecule has 0 saturated heterocycles. The number of methoxy groups -OCH3 is 1. The van der Waals surface area contributed by atoms with E-state index in [-0.39, 0.29) is 0 Å². The van der Waals surface area contributed by atoms with Gasteiger partial charge in [-0.25, -0.2) is 13.6 Å². The van der Waals surface area contributed by atoms with Crippen LogP contribution in [-0.2, 0) is 10.0 Å². The van der Waals surface area contributed by atoms with Gasteiger partial charge >= 0.3 is 0 Å². The van der Waals surface area contributed by atoms with Gasteiger partial charge in [0, 0.05) is 0 Å². The highest BCUT2D eigenvalue weighted by atomic mass is 32.2. The monoisotopic (exact) mass is 291 g/mol. The van der Waals surface area contributed by atoms with Gasteiger partial charge in [0.15, 0.2) is 0 Å². The van der Waals surface area contributed by atoms with Crippen LogP contribution in [0.1, 0.15) is 12.5 Å². The zero-order valence-corrected chi connectivity index (χ0v) is 12.2. The molecule has 0 spiro atoms. The third kappa shape index (κ3) is 3.18. The molecule has 0 amide bonds. The van der Waals surface area contributed by atoms with Gasteiger partial charge in [0.05, 0.1) is 7.11 Å². The van der Waals surface area contributed by atoms with E-state index in [2.05, 4.69) is 0 Å². The molecule has 2 N–H and O–H groups in total. The number of ether oxygens (including phenoxy) is 1. The van der Waals surface area contributed by atoms with E-state index in [0.717, 1.165) is 16.9 Å². The minimum Gasteiger partial charge on any atom is -0.497 e. The lowest BCUT2D eigenvalue weighted by atomic mass is 9.98. The zero-order valence-electron chi connectivity index (χ0n) is 11.4. The summed E-state index contributed by atoms with van der Waals surface area (Å²) in [7, 11) is -2.07. The van der Waals surface area contributed by atoms with Gasteiger partial charge in [0.1, 0.15) is 11.0 Å². The Morgan fingerprint density at radius 3 is 2.45 bits per heavy atom. The summed E-state index contributed by atoms with van der Waals surface area (Å²) in [6.07, 6.45) is 7.18. The van der Waals surface area contributed by atoms with Gasteiger partial charge in [-0.1, -0.05) is 36.4 Å². The van der Waals surface area contributed by atoms with E-state index in [1.807, 2.05) is 36.4 Å². The van der Waals surface area contributed by atoms with Crippen LogP contribution in [0.2, 0.25) is 0 Å². The summed E-state index contributed by atoms with van der Waals surface area (Å²) in [5, 5.41) is 4.54. The van der Waals surface area contributed by atoms with E-state index >= 15 is 0 Å². The van der Waals surface area contributed by atoms with E-state index in [1.165, 1.54) is 0 Å². The van der Waals surface area contributed by atoms with E-state index in [0.29, 0.717) is 5.57 Å². The van der Waals surface area contributed by atoms with Crippen molar-refractivity contribution in [3.05, 3.63) is 59.2 Å². The number of sulfonamides is 1. The summed E-state index contributed by atoms with van der Waals surface area (Å²) >= 11 is 0. The molecule has 2 rings (SSSR count). The maximum Gasteiger partial charge on any atom is 0.220 e. The van der Waals surface area contributed by atoms with Gasteiger partial charge in [-0.3, -0.25) is 0 Å². The minimum atomic E-state index is -3.67. The Bertz CT molecular complexity index is 682. The van der Waals surface area contributed by atoms with Crippen molar-refractivity contribution in [3.63, 3.8) is 0 Å². The van der Waals surface area contributed by atoms with Crippen LogP contribution >= 0.6 is 0 Å². The second kappa shape index (κ2) is 5.64. The molecule has 106 valence electrons. The highest BCUT2D eigenvalue weighted by Gasteiger charge is 2.27.